The fraction of sp³-hybridized carbons (Fsp3) is 0.379. The first-order valence-electron chi connectivity index (χ1n) is 12.4. The number of anilines is 1. The highest BCUT2D eigenvalue weighted by atomic mass is 16.5. The average Bonchev–Trinajstić information content (AvgIpc) is 3.36. The van der Waals surface area contributed by atoms with Gasteiger partial charge in [0.15, 0.2) is 11.5 Å². The molecule has 2 heterocycles. The molecule has 0 N–H and O–H groups in total. The second-order valence-electron chi connectivity index (χ2n) is 9.34. The van der Waals surface area contributed by atoms with Crippen LogP contribution in [0.15, 0.2) is 66.9 Å². The zero-order valence-electron chi connectivity index (χ0n) is 21.5. The Morgan fingerprint density at radius 1 is 1.11 bits per heavy atom. The number of carbonyl (C=O) groups is 1. The van der Waals surface area contributed by atoms with Gasteiger partial charge in [-0.15, -0.1) is 0 Å². The molecule has 1 saturated heterocycles. The molecule has 0 bridgehead atoms. The number of pyridine rings is 1. The molecule has 0 saturated carbocycles. The van der Waals surface area contributed by atoms with E-state index in [1.54, 1.807) is 25.4 Å². The molecule has 0 amide bonds. The first-order valence-corrected chi connectivity index (χ1v) is 12.4. The summed E-state index contributed by atoms with van der Waals surface area (Å²) in [5.74, 6) is 1.83. The molecule has 0 aliphatic carbocycles. The van der Waals surface area contributed by atoms with Gasteiger partial charge in [0.25, 0.3) is 0 Å². The van der Waals surface area contributed by atoms with Gasteiger partial charge in [0.2, 0.25) is 0 Å². The van der Waals surface area contributed by atoms with Crippen LogP contribution in [-0.4, -0.2) is 55.2 Å². The largest absolute Gasteiger partial charge is 0.493 e. The normalized spacial score (nSPS) is 15.6. The van der Waals surface area contributed by atoms with Gasteiger partial charge in [0, 0.05) is 44.5 Å². The molecule has 0 spiro atoms. The van der Waals surface area contributed by atoms with E-state index < -0.39 is 0 Å². The number of likely N-dealkylation sites (N-methyl/N-ethyl adjacent to an activating group) is 1. The van der Waals surface area contributed by atoms with Crippen molar-refractivity contribution in [2.45, 2.75) is 45.6 Å². The highest BCUT2D eigenvalue weighted by molar-refractivity contribution is 5.94. The Bertz CT molecular complexity index is 1150. The van der Waals surface area contributed by atoms with Crippen LogP contribution >= 0.6 is 0 Å². The van der Waals surface area contributed by atoms with E-state index in [4.69, 9.17) is 14.2 Å². The number of benzene rings is 2. The topological polar surface area (TPSA) is 64.1 Å². The Morgan fingerprint density at radius 3 is 2.67 bits per heavy atom. The molecule has 7 heteroatoms. The Balaban J connectivity index is 1.45. The summed E-state index contributed by atoms with van der Waals surface area (Å²) in [6.07, 6.45) is 2.51. The predicted molar refractivity (Wildman–Crippen MR) is 141 cm³/mol. The molecular weight excluding hydrogens is 454 g/mol. The molecule has 1 aliphatic heterocycles. The Hall–Kier alpha value is -3.58. The number of carbonyl (C=O) groups excluding carboxylic acids is 1. The highest BCUT2D eigenvalue weighted by Crippen LogP contribution is 2.34. The summed E-state index contributed by atoms with van der Waals surface area (Å²) >= 11 is 0. The van der Waals surface area contributed by atoms with Gasteiger partial charge in [-0.25, -0.2) is 9.78 Å². The van der Waals surface area contributed by atoms with Gasteiger partial charge >= 0.3 is 5.97 Å². The standard InChI is InChI=1S/C29H35N3O4/c1-21(2)36-29(33)25-13-9-16-30-28(25)31(3)24-15-17-32(19-24)18-23-12-8-14-26(34-4)27(23)35-20-22-10-6-5-7-11-22/h5-14,16,21,24H,15,17-20H2,1-4H3/t24-/m0/s1. The van der Waals surface area contributed by atoms with Crippen LogP contribution in [0.2, 0.25) is 0 Å². The number of hydrogen-bond donors (Lipinski definition) is 0. The van der Waals surface area contributed by atoms with Crippen molar-refractivity contribution < 1.29 is 19.0 Å². The van der Waals surface area contributed by atoms with E-state index in [2.05, 4.69) is 33.0 Å². The molecule has 2 aromatic carbocycles. The van der Waals surface area contributed by atoms with E-state index in [0.29, 0.717) is 18.0 Å². The van der Waals surface area contributed by atoms with Crippen molar-refractivity contribution in [2.24, 2.45) is 0 Å². The summed E-state index contributed by atoms with van der Waals surface area (Å²) in [7, 11) is 3.67. The van der Waals surface area contributed by atoms with Crippen LogP contribution in [0.3, 0.4) is 0 Å². The summed E-state index contributed by atoms with van der Waals surface area (Å²) in [5.41, 5.74) is 2.70. The molecule has 4 rings (SSSR count). The molecule has 0 unspecified atom stereocenters. The minimum atomic E-state index is -0.341. The van der Waals surface area contributed by atoms with Crippen LogP contribution in [0.4, 0.5) is 5.82 Å². The SMILES string of the molecule is COc1cccc(CN2CC[C@H](N(C)c3ncccc3C(=O)OC(C)C)C2)c1OCc1ccccc1. The third kappa shape index (κ3) is 6.15. The average molecular weight is 490 g/mol. The zero-order chi connectivity index (χ0) is 25.5. The highest BCUT2D eigenvalue weighted by Gasteiger charge is 2.30. The fourth-order valence-electron chi connectivity index (χ4n) is 4.54. The monoisotopic (exact) mass is 489 g/mol. The second-order valence-corrected chi connectivity index (χ2v) is 9.34. The van der Waals surface area contributed by atoms with Crippen LogP contribution in [0.1, 0.15) is 41.8 Å². The summed E-state index contributed by atoms with van der Waals surface area (Å²) < 4.78 is 17.3. The zero-order valence-corrected chi connectivity index (χ0v) is 21.5. The van der Waals surface area contributed by atoms with E-state index in [1.807, 2.05) is 51.2 Å². The lowest BCUT2D eigenvalue weighted by molar-refractivity contribution is 0.0378. The third-order valence-corrected chi connectivity index (χ3v) is 6.38. The lowest BCUT2D eigenvalue weighted by Gasteiger charge is -2.27. The maximum Gasteiger partial charge on any atom is 0.342 e. The predicted octanol–water partition coefficient (Wildman–Crippen LogP) is 4.95. The molecule has 7 nitrogen and oxygen atoms in total. The smallest absolute Gasteiger partial charge is 0.342 e. The molecule has 0 radical (unpaired) electrons. The number of aromatic nitrogens is 1. The van der Waals surface area contributed by atoms with Crippen LogP contribution in [0.5, 0.6) is 11.5 Å². The van der Waals surface area contributed by atoms with E-state index >= 15 is 0 Å². The summed E-state index contributed by atoms with van der Waals surface area (Å²) in [6, 6.07) is 19.9. The summed E-state index contributed by atoms with van der Waals surface area (Å²) in [6.45, 7) is 6.71. The van der Waals surface area contributed by atoms with E-state index in [1.165, 1.54) is 0 Å². The molecule has 1 aliphatic rings. The van der Waals surface area contributed by atoms with Crippen molar-refractivity contribution in [3.05, 3.63) is 83.6 Å². The minimum Gasteiger partial charge on any atom is -0.493 e. The van der Waals surface area contributed by atoms with Crippen molar-refractivity contribution in [2.75, 3.05) is 32.1 Å². The summed E-state index contributed by atoms with van der Waals surface area (Å²) in [5, 5.41) is 0. The molecule has 1 atom stereocenters. The quantitative estimate of drug-likeness (QED) is 0.374. The van der Waals surface area contributed by atoms with Crippen molar-refractivity contribution in [3.63, 3.8) is 0 Å². The van der Waals surface area contributed by atoms with Crippen molar-refractivity contribution in [3.8, 4) is 11.5 Å². The van der Waals surface area contributed by atoms with Crippen molar-refractivity contribution in [1.29, 1.82) is 0 Å². The first-order chi connectivity index (χ1) is 17.5. The van der Waals surface area contributed by atoms with E-state index in [-0.39, 0.29) is 18.1 Å². The van der Waals surface area contributed by atoms with Gasteiger partial charge in [-0.2, -0.15) is 0 Å². The van der Waals surface area contributed by atoms with Crippen LogP contribution in [-0.2, 0) is 17.9 Å². The van der Waals surface area contributed by atoms with Crippen molar-refractivity contribution >= 4 is 11.8 Å². The number of nitrogens with zero attached hydrogens (tertiary/aromatic N) is 3. The molecule has 3 aromatic rings. The number of likely N-dealkylation sites (tertiary alicyclic amines) is 1. The maximum absolute atomic E-state index is 12.6. The third-order valence-electron chi connectivity index (χ3n) is 6.38. The molecule has 190 valence electrons. The number of methoxy groups -OCH3 is 1. The fourth-order valence-corrected chi connectivity index (χ4v) is 4.54. The van der Waals surface area contributed by atoms with Gasteiger partial charge in [-0.05, 0) is 44.0 Å². The number of rotatable bonds is 10. The van der Waals surface area contributed by atoms with Gasteiger partial charge < -0.3 is 19.1 Å². The summed E-state index contributed by atoms with van der Waals surface area (Å²) in [4.78, 5) is 21.7. The lowest BCUT2D eigenvalue weighted by atomic mass is 10.1. The van der Waals surface area contributed by atoms with Gasteiger partial charge in [-0.1, -0.05) is 42.5 Å². The number of ether oxygens (including phenoxy) is 3. The van der Waals surface area contributed by atoms with Crippen LogP contribution in [0, 0.1) is 0 Å². The van der Waals surface area contributed by atoms with Gasteiger partial charge in [-0.3, -0.25) is 4.90 Å². The van der Waals surface area contributed by atoms with Crippen molar-refractivity contribution in [1.82, 2.24) is 9.88 Å². The molecular formula is C29H35N3O4. The maximum atomic E-state index is 12.6. The number of para-hydroxylation sites is 1. The Morgan fingerprint density at radius 2 is 1.92 bits per heavy atom. The van der Waals surface area contributed by atoms with Gasteiger partial charge in [0.05, 0.1) is 13.2 Å². The second kappa shape index (κ2) is 11.9. The molecule has 1 aromatic heterocycles. The minimum absolute atomic E-state index is 0.181. The van der Waals surface area contributed by atoms with Crippen LogP contribution < -0.4 is 14.4 Å². The van der Waals surface area contributed by atoms with Gasteiger partial charge in [0.1, 0.15) is 18.0 Å². The van der Waals surface area contributed by atoms with E-state index in [0.717, 1.165) is 48.7 Å². The first kappa shape index (κ1) is 25.5. The number of esters is 1. The van der Waals surface area contributed by atoms with E-state index in [9.17, 15) is 4.79 Å². The number of hydrogen-bond acceptors (Lipinski definition) is 7. The lowest BCUT2D eigenvalue weighted by Crippen LogP contribution is -2.36. The Labute approximate surface area is 213 Å². The Kier molecular flexibility index (Phi) is 8.44. The van der Waals surface area contributed by atoms with Crippen LogP contribution in [0.25, 0.3) is 0 Å². The molecule has 1 fully saturated rings. The molecule has 36 heavy (non-hydrogen) atoms.